The molecule has 0 fully saturated rings. The Morgan fingerprint density at radius 3 is 1.32 bits per heavy atom. The summed E-state index contributed by atoms with van der Waals surface area (Å²) >= 11 is 0. The first-order chi connectivity index (χ1) is 35.5. The number of nitrogens with one attached hydrogen (secondary N) is 2. The Morgan fingerprint density at radius 2 is 0.827 bits per heavy atom. The highest BCUT2D eigenvalue weighted by molar-refractivity contribution is 6.24. The average molecular weight is 987 g/mol. The summed E-state index contributed by atoms with van der Waals surface area (Å²) in [6.07, 6.45) is 4.18. The number of nitrogens with zero attached hydrogens (tertiary/aromatic N) is 2. The van der Waals surface area contributed by atoms with E-state index in [1.54, 1.807) is 7.11 Å². The minimum atomic E-state index is -0.497. The standard InChI is InChI=1S/C68H66N4O3/c1-65(2,3)43-22-14-40(15-23-43)57-50-32-33-51(69-50)58(41-16-24-44(25-17-41)66(4,5)6)53-35-37-55(71-53)60-48-31-28-46(68(10,11)12)38-49(48)56(39-20-29-47(74-13)30-21-39)61-62(60)72-63(75-64(61)73)59(54-36-34-52(57)70-54)42-18-26-45(27-19-42)67(7,8)9/h14-38,69-70H,1-13H3. The molecular weight excluding hydrogens is 921 g/mol. The van der Waals surface area contributed by atoms with Crippen molar-refractivity contribution in [2.45, 2.75) is 105 Å². The van der Waals surface area contributed by atoms with Crippen molar-refractivity contribution < 1.29 is 9.15 Å². The van der Waals surface area contributed by atoms with E-state index in [4.69, 9.17) is 19.1 Å². The molecule has 5 heterocycles. The zero-order valence-corrected chi connectivity index (χ0v) is 45.6. The van der Waals surface area contributed by atoms with Crippen molar-refractivity contribution in [2.24, 2.45) is 0 Å². The second-order valence-electron chi connectivity index (χ2n) is 24.4. The van der Waals surface area contributed by atoms with Crippen LogP contribution < -0.4 is 10.4 Å². The van der Waals surface area contributed by atoms with Crippen LogP contribution in [0.1, 0.15) is 117 Å². The van der Waals surface area contributed by atoms with E-state index >= 15 is 4.79 Å². The van der Waals surface area contributed by atoms with Crippen LogP contribution in [0.15, 0.2) is 149 Å². The van der Waals surface area contributed by atoms with Crippen LogP contribution in [-0.4, -0.2) is 27.0 Å². The lowest BCUT2D eigenvalue weighted by Gasteiger charge is -2.21. The van der Waals surface area contributed by atoms with Crippen LogP contribution in [0.25, 0.3) is 112 Å². The number of benzene rings is 6. The van der Waals surface area contributed by atoms with Gasteiger partial charge in [-0.25, -0.2) is 14.8 Å². The van der Waals surface area contributed by atoms with Crippen molar-refractivity contribution in [3.8, 4) is 50.3 Å². The van der Waals surface area contributed by atoms with Crippen molar-refractivity contribution in [3.63, 3.8) is 0 Å². The third kappa shape index (κ3) is 8.92. The number of fused-ring (bicyclic) bond motifs is 10. The van der Waals surface area contributed by atoms with Crippen molar-refractivity contribution in [1.82, 2.24) is 19.9 Å². The SMILES string of the molecule is COc1ccc(-c2c3cc(C(C)(C)C)ccc3c3c4nc(c(-c5ccc(C(C)(C)C)cc5)c5ccc([nH]5)c(-c5ccc(C(C)(C)C)cc5)c5ccc([nH]5)c(-c5ccc(C(C)(C)C)cc5)c5nc3c2c(=O)o5)C=C4)cc1. The van der Waals surface area contributed by atoms with Crippen LogP contribution in [-0.2, 0) is 21.7 Å². The Balaban J connectivity index is 1.37. The van der Waals surface area contributed by atoms with Crippen molar-refractivity contribution in [1.29, 1.82) is 0 Å². The number of aromatic amines is 2. The fraction of sp³-hybridized carbons (Fsp3) is 0.250. The molecule has 7 heteroatoms. The lowest BCUT2D eigenvalue weighted by atomic mass is 9.83. The number of hydrogen-bond acceptors (Lipinski definition) is 5. The molecule has 1 aliphatic heterocycles. The highest BCUT2D eigenvalue weighted by Gasteiger charge is 2.26. The van der Waals surface area contributed by atoms with E-state index in [9.17, 15) is 0 Å². The molecule has 376 valence electrons. The number of methoxy groups -OCH3 is 1. The predicted molar refractivity (Wildman–Crippen MR) is 315 cm³/mol. The van der Waals surface area contributed by atoms with Crippen molar-refractivity contribution in [3.05, 3.63) is 184 Å². The molecule has 6 aromatic carbocycles. The first-order valence-electron chi connectivity index (χ1n) is 26.1. The Hall–Kier alpha value is -8.03. The summed E-state index contributed by atoms with van der Waals surface area (Å²) in [5.74, 6) is 0.715. The number of ether oxygens (including phenoxy) is 1. The molecule has 11 rings (SSSR count). The molecule has 1 aliphatic rings. The van der Waals surface area contributed by atoms with E-state index in [0.717, 1.165) is 88.4 Å². The van der Waals surface area contributed by atoms with E-state index in [-0.39, 0.29) is 27.4 Å². The maximum atomic E-state index is 15.6. The second-order valence-corrected chi connectivity index (χ2v) is 24.4. The lowest BCUT2D eigenvalue weighted by molar-refractivity contribution is 0.415. The molecule has 0 spiro atoms. The van der Waals surface area contributed by atoms with E-state index in [1.807, 2.05) is 24.3 Å². The van der Waals surface area contributed by atoms with Gasteiger partial charge in [-0.05, 0) is 132 Å². The normalized spacial score (nSPS) is 12.9. The lowest BCUT2D eigenvalue weighted by Crippen LogP contribution is -2.11. The first kappa shape index (κ1) is 49.2. The predicted octanol–water partition coefficient (Wildman–Crippen LogP) is 17.9. The Kier molecular flexibility index (Phi) is 11.7. The van der Waals surface area contributed by atoms with Gasteiger partial charge >= 0.3 is 5.63 Å². The molecule has 7 nitrogen and oxygen atoms in total. The van der Waals surface area contributed by atoms with Crippen molar-refractivity contribution in [2.75, 3.05) is 7.11 Å². The van der Waals surface area contributed by atoms with Crippen LogP contribution in [0.2, 0.25) is 0 Å². The average Bonchev–Trinajstić information content (AvgIpc) is 4.17. The van der Waals surface area contributed by atoms with E-state index < -0.39 is 5.63 Å². The maximum Gasteiger partial charge on any atom is 0.347 e. The third-order valence-corrected chi connectivity index (χ3v) is 15.1. The molecule has 0 atom stereocenters. The fourth-order valence-corrected chi connectivity index (χ4v) is 10.7. The van der Waals surface area contributed by atoms with Gasteiger partial charge in [-0.1, -0.05) is 180 Å². The molecule has 0 radical (unpaired) electrons. The van der Waals surface area contributed by atoms with Gasteiger partial charge in [0.25, 0.3) is 0 Å². The summed E-state index contributed by atoms with van der Waals surface area (Å²) in [4.78, 5) is 34.7. The minimum Gasteiger partial charge on any atom is -0.497 e. The molecule has 75 heavy (non-hydrogen) atoms. The number of rotatable bonds is 5. The quantitative estimate of drug-likeness (QED) is 0.167. The molecule has 10 aromatic rings. The molecular formula is C68H66N4O3. The van der Waals surface area contributed by atoms with E-state index in [2.05, 4.69) is 220 Å². The summed E-state index contributed by atoms with van der Waals surface area (Å²) in [6, 6.07) is 49.4. The van der Waals surface area contributed by atoms with E-state index in [1.165, 1.54) is 16.7 Å². The molecule has 0 saturated heterocycles. The summed E-state index contributed by atoms with van der Waals surface area (Å²) < 4.78 is 12.4. The van der Waals surface area contributed by atoms with Gasteiger partial charge in [0.05, 0.1) is 40.5 Å². The smallest absolute Gasteiger partial charge is 0.347 e. The first-order valence-corrected chi connectivity index (χ1v) is 26.1. The maximum absolute atomic E-state index is 15.6. The van der Waals surface area contributed by atoms with Gasteiger partial charge in [0.1, 0.15) is 5.75 Å². The van der Waals surface area contributed by atoms with Crippen LogP contribution >= 0.6 is 0 Å². The number of aromatic nitrogens is 4. The molecule has 0 aliphatic carbocycles. The topological polar surface area (TPSA) is 96.8 Å². The highest BCUT2D eigenvalue weighted by Crippen LogP contribution is 2.44. The van der Waals surface area contributed by atoms with Crippen LogP contribution in [0.4, 0.5) is 0 Å². The Labute approximate surface area is 439 Å². The van der Waals surface area contributed by atoms with Crippen LogP contribution in [0.5, 0.6) is 5.75 Å². The monoisotopic (exact) mass is 987 g/mol. The highest BCUT2D eigenvalue weighted by atomic mass is 16.5. The molecule has 0 amide bonds. The Bertz CT molecular complexity index is 4100. The summed E-state index contributed by atoms with van der Waals surface area (Å²) in [5.41, 5.74) is 16.7. The molecule has 0 saturated carbocycles. The molecule has 8 bridgehead atoms. The van der Waals surface area contributed by atoms with Gasteiger partial charge < -0.3 is 19.1 Å². The molecule has 2 N–H and O–H groups in total. The van der Waals surface area contributed by atoms with Crippen LogP contribution in [0, 0.1) is 0 Å². The third-order valence-electron chi connectivity index (χ3n) is 15.1. The summed E-state index contributed by atoms with van der Waals surface area (Å²) in [7, 11) is 1.66. The summed E-state index contributed by atoms with van der Waals surface area (Å²) in [6.45, 7) is 26.7. The van der Waals surface area contributed by atoms with E-state index in [0.29, 0.717) is 27.9 Å². The number of H-pyrrole nitrogens is 2. The van der Waals surface area contributed by atoms with Gasteiger partial charge in [0.15, 0.2) is 0 Å². The molecule has 4 aromatic heterocycles. The Morgan fingerprint density at radius 1 is 0.413 bits per heavy atom. The van der Waals surface area contributed by atoms with Crippen LogP contribution in [0.3, 0.4) is 0 Å². The summed E-state index contributed by atoms with van der Waals surface area (Å²) in [5, 5.41) is 2.96. The molecule has 0 unspecified atom stereocenters. The number of hydrogen-bond donors (Lipinski definition) is 2. The van der Waals surface area contributed by atoms with Gasteiger partial charge in [-0.3, -0.25) is 0 Å². The van der Waals surface area contributed by atoms with Crippen molar-refractivity contribution >= 4 is 67.0 Å². The van der Waals surface area contributed by atoms with Gasteiger partial charge in [0.2, 0.25) is 5.71 Å². The zero-order chi connectivity index (χ0) is 52.9. The fourth-order valence-electron chi connectivity index (χ4n) is 10.7. The zero-order valence-electron chi connectivity index (χ0n) is 45.6. The van der Waals surface area contributed by atoms with Gasteiger partial charge in [0, 0.05) is 38.6 Å². The van der Waals surface area contributed by atoms with Gasteiger partial charge in [-0.2, -0.15) is 0 Å². The van der Waals surface area contributed by atoms with Gasteiger partial charge in [-0.15, -0.1) is 0 Å². The minimum absolute atomic E-state index is 0.0270. The second kappa shape index (κ2) is 17.8. The largest absolute Gasteiger partial charge is 0.497 e.